The number of carbonyl (C=O) groups excluding carboxylic acids is 2. The number of ether oxygens (including phenoxy) is 2. The lowest BCUT2D eigenvalue weighted by molar-refractivity contribution is -0.686. The third-order valence-corrected chi connectivity index (χ3v) is 7.67. The molecule has 0 aliphatic carbocycles. The van der Waals surface area contributed by atoms with Crippen molar-refractivity contribution in [1.29, 1.82) is 0 Å². The van der Waals surface area contributed by atoms with Gasteiger partial charge in [0.1, 0.15) is 29.5 Å². The summed E-state index contributed by atoms with van der Waals surface area (Å²) in [6, 6.07) is 23.8. The van der Waals surface area contributed by atoms with E-state index in [4.69, 9.17) is 9.72 Å². The van der Waals surface area contributed by atoms with Crippen molar-refractivity contribution in [2.75, 3.05) is 13.7 Å². The van der Waals surface area contributed by atoms with Crippen LogP contribution in [-0.2, 0) is 35.6 Å². The van der Waals surface area contributed by atoms with Crippen molar-refractivity contribution in [3.8, 4) is 16.3 Å². The van der Waals surface area contributed by atoms with E-state index in [0.29, 0.717) is 17.9 Å². The van der Waals surface area contributed by atoms with Gasteiger partial charge in [-0.05, 0) is 60.4 Å². The molecule has 8 heteroatoms. The molecule has 3 N–H and O–H groups in total. The van der Waals surface area contributed by atoms with Crippen LogP contribution in [0.5, 0.6) is 5.75 Å². The first-order valence-electron chi connectivity index (χ1n) is 14.0. The number of aryl methyl sites for hydroxylation is 1. The van der Waals surface area contributed by atoms with Gasteiger partial charge in [-0.3, -0.25) is 4.79 Å². The largest absolute Gasteiger partial charge is 0.482 e. The first-order valence-corrected chi connectivity index (χ1v) is 14.9. The highest BCUT2D eigenvalue weighted by Gasteiger charge is 2.10. The number of carbonyl (C=O) groups is 2. The number of aromatic nitrogens is 1. The molecule has 0 aliphatic heterocycles. The number of rotatable bonds is 15. The summed E-state index contributed by atoms with van der Waals surface area (Å²) in [5, 5.41) is 8.22. The topological polar surface area (TPSA) is 94.1 Å². The summed E-state index contributed by atoms with van der Waals surface area (Å²) >= 11 is 1.60. The van der Waals surface area contributed by atoms with Crippen LogP contribution in [0.15, 0.2) is 78.2 Å². The van der Waals surface area contributed by atoms with Crippen molar-refractivity contribution in [3.63, 3.8) is 0 Å². The zero-order chi connectivity index (χ0) is 28.9. The number of thiazole rings is 1. The van der Waals surface area contributed by atoms with Gasteiger partial charge in [0, 0.05) is 28.6 Å². The zero-order valence-electron chi connectivity index (χ0n) is 23.7. The summed E-state index contributed by atoms with van der Waals surface area (Å²) in [5.41, 5.74) is 6.25. The number of nitrogens with one attached hydrogen (secondary N) is 1. The smallest absolute Gasteiger partial charge is 0.343 e. The minimum Gasteiger partial charge on any atom is -0.482 e. The Labute approximate surface area is 245 Å². The molecule has 0 saturated carbocycles. The van der Waals surface area contributed by atoms with Crippen molar-refractivity contribution in [3.05, 3.63) is 106 Å². The molecule has 0 fully saturated rings. The lowest BCUT2D eigenvalue weighted by Gasteiger charge is -2.07. The molecule has 0 bridgehead atoms. The average Bonchev–Trinajstić information content (AvgIpc) is 3.49. The zero-order valence-corrected chi connectivity index (χ0v) is 24.5. The first kappa shape index (κ1) is 30.0. The van der Waals surface area contributed by atoms with Gasteiger partial charge in [0.25, 0.3) is 5.91 Å². The molecule has 41 heavy (non-hydrogen) atoms. The molecule has 3 aromatic carbocycles. The number of nitrogens with zero attached hydrogens (tertiary/aromatic N) is 1. The molecular weight excluding hydrogens is 534 g/mol. The fourth-order valence-electron chi connectivity index (χ4n) is 4.29. The Morgan fingerprint density at radius 3 is 2.29 bits per heavy atom. The summed E-state index contributed by atoms with van der Waals surface area (Å²) in [6.45, 7) is 4.19. The second-order valence-corrected chi connectivity index (χ2v) is 10.7. The average molecular weight is 573 g/mol. The van der Waals surface area contributed by atoms with Crippen LogP contribution in [0.3, 0.4) is 0 Å². The Hall–Kier alpha value is -4.01. The number of methoxy groups -OCH3 is 1. The van der Waals surface area contributed by atoms with Gasteiger partial charge in [0.15, 0.2) is 6.61 Å². The second kappa shape index (κ2) is 15.7. The Balaban J connectivity index is 1.21. The van der Waals surface area contributed by atoms with E-state index in [2.05, 4.69) is 51.9 Å². The molecule has 0 unspecified atom stereocenters. The van der Waals surface area contributed by atoms with Gasteiger partial charge in [-0.2, -0.15) is 0 Å². The maximum atomic E-state index is 12.7. The molecule has 0 radical (unpaired) electrons. The lowest BCUT2D eigenvalue weighted by Crippen LogP contribution is -2.80. The molecule has 0 aliphatic rings. The van der Waals surface area contributed by atoms with E-state index in [1.54, 1.807) is 11.3 Å². The fraction of sp³-hybridized carbons (Fsp3) is 0.303. The highest BCUT2D eigenvalue weighted by molar-refractivity contribution is 7.13. The highest BCUT2D eigenvalue weighted by Crippen LogP contribution is 2.24. The monoisotopic (exact) mass is 572 g/mol. The fourth-order valence-corrected chi connectivity index (χ4v) is 5.13. The number of hydrogen-bond donors (Lipinski definition) is 2. The molecule has 1 heterocycles. The predicted molar refractivity (Wildman–Crippen MR) is 162 cm³/mol. The number of hydrogen-bond acceptors (Lipinski definition) is 6. The molecule has 0 spiro atoms. The summed E-state index contributed by atoms with van der Waals surface area (Å²) < 4.78 is 9.96. The van der Waals surface area contributed by atoms with E-state index < -0.39 is 5.97 Å². The number of esters is 1. The molecule has 7 nitrogen and oxygen atoms in total. The van der Waals surface area contributed by atoms with Crippen molar-refractivity contribution >= 4 is 23.2 Å². The molecule has 1 amide bonds. The van der Waals surface area contributed by atoms with Crippen molar-refractivity contribution in [1.82, 2.24) is 10.3 Å². The van der Waals surface area contributed by atoms with E-state index in [9.17, 15) is 9.59 Å². The summed E-state index contributed by atoms with van der Waals surface area (Å²) in [6.07, 6.45) is 4.82. The van der Waals surface area contributed by atoms with Gasteiger partial charge in [-0.1, -0.05) is 56.2 Å². The quantitative estimate of drug-likeness (QED) is 0.149. The van der Waals surface area contributed by atoms with Crippen LogP contribution in [0.1, 0.15) is 58.9 Å². The second-order valence-electron chi connectivity index (χ2n) is 9.88. The van der Waals surface area contributed by atoms with Crippen molar-refractivity contribution < 1.29 is 24.4 Å². The van der Waals surface area contributed by atoms with Gasteiger partial charge in [-0.15, -0.1) is 11.3 Å². The Bertz CT molecular complexity index is 1380. The molecule has 0 atom stereocenters. The van der Waals surface area contributed by atoms with E-state index in [1.807, 2.05) is 48.5 Å². The van der Waals surface area contributed by atoms with Crippen LogP contribution in [0.2, 0.25) is 0 Å². The van der Waals surface area contributed by atoms with Gasteiger partial charge in [0.2, 0.25) is 0 Å². The predicted octanol–water partition coefficient (Wildman–Crippen LogP) is 5.29. The molecular formula is C33H38N3O4S+. The number of nitrogens with two attached hydrogens (primary N) is 1. The molecule has 1 aromatic heterocycles. The minimum absolute atomic E-state index is 0.0824. The number of unbranched alkanes of at least 4 members (excludes halogenated alkanes) is 2. The normalized spacial score (nSPS) is 10.8. The molecule has 214 valence electrons. The Morgan fingerprint density at radius 1 is 0.878 bits per heavy atom. The molecule has 0 saturated heterocycles. The number of quaternary nitrogens is 1. The maximum absolute atomic E-state index is 12.7. The van der Waals surface area contributed by atoms with Gasteiger partial charge >= 0.3 is 5.97 Å². The van der Waals surface area contributed by atoms with E-state index in [1.165, 1.54) is 31.9 Å². The van der Waals surface area contributed by atoms with Gasteiger partial charge < -0.3 is 20.1 Å². The van der Waals surface area contributed by atoms with Crippen molar-refractivity contribution in [2.45, 2.75) is 52.2 Å². The van der Waals surface area contributed by atoms with E-state index >= 15 is 0 Å². The Kier molecular flexibility index (Phi) is 11.5. The molecule has 4 rings (SSSR count). The van der Waals surface area contributed by atoms with Crippen LogP contribution < -0.4 is 15.4 Å². The van der Waals surface area contributed by atoms with Crippen LogP contribution >= 0.6 is 11.3 Å². The number of benzene rings is 3. The van der Waals surface area contributed by atoms with Crippen LogP contribution in [0.25, 0.3) is 10.6 Å². The standard InChI is InChI=1S/C33H37N3O4S/c1-3-4-5-6-24-7-9-26(10-8-24)20-35-32(38)27-13-15-28(16-14-27)33-36-29(23-41-33)21-34-19-25-11-17-30(18-12-25)40-22-31(37)39-2/h7-18,23,34H,3-6,19-22H2,1-2H3,(H,35,38)/p+1. The lowest BCUT2D eigenvalue weighted by atomic mass is 10.1. The third kappa shape index (κ3) is 9.55. The van der Waals surface area contributed by atoms with Crippen LogP contribution in [0.4, 0.5) is 0 Å². The minimum atomic E-state index is -0.406. The van der Waals surface area contributed by atoms with Crippen molar-refractivity contribution in [2.24, 2.45) is 0 Å². The van der Waals surface area contributed by atoms with Gasteiger partial charge in [0.05, 0.1) is 7.11 Å². The van der Waals surface area contributed by atoms with Crippen LogP contribution in [-0.4, -0.2) is 30.6 Å². The molecule has 4 aromatic rings. The maximum Gasteiger partial charge on any atom is 0.343 e. The van der Waals surface area contributed by atoms with Gasteiger partial charge in [-0.25, -0.2) is 9.78 Å². The van der Waals surface area contributed by atoms with Crippen LogP contribution in [0, 0.1) is 0 Å². The summed E-state index contributed by atoms with van der Waals surface area (Å²) in [4.78, 5) is 28.7. The SMILES string of the molecule is CCCCCc1ccc(CNC(=O)c2ccc(-c3nc(C[NH2+]Cc4ccc(OCC(=O)OC)cc4)cs3)cc2)cc1. The Morgan fingerprint density at radius 2 is 1.59 bits per heavy atom. The number of amides is 1. The highest BCUT2D eigenvalue weighted by atomic mass is 32.1. The summed E-state index contributed by atoms with van der Waals surface area (Å²) in [5.74, 6) is 0.146. The van der Waals surface area contributed by atoms with E-state index in [0.717, 1.165) is 46.9 Å². The summed E-state index contributed by atoms with van der Waals surface area (Å²) in [7, 11) is 1.34. The third-order valence-electron chi connectivity index (χ3n) is 6.73. The first-order chi connectivity index (χ1) is 20.0. The van der Waals surface area contributed by atoms with E-state index in [-0.39, 0.29) is 12.5 Å².